The number of H-pyrrole nitrogens is 1. The van der Waals surface area contributed by atoms with E-state index in [0.29, 0.717) is 23.8 Å². The van der Waals surface area contributed by atoms with E-state index in [1.807, 2.05) is 0 Å². The Balaban J connectivity index is 1.51. The maximum atomic E-state index is 10.0. The second-order valence-electron chi connectivity index (χ2n) is 8.18. The first kappa shape index (κ1) is 15.9. The van der Waals surface area contributed by atoms with Crippen LogP contribution in [0.3, 0.4) is 0 Å². The molecule has 2 aliphatic heterocycles. The normalized spacial score (nSPS) is 35.2. The topological polar surface area (TPSA) is 48.5 Å². The van der Waals surface area contributed by atoms with E-state index in [1.54, 1.807) is 7.11 Å². The summed E-state index contributed by atoms with van der Waals surface area (Å²) in [5.74, 6) is 1.58. The Morgan fingerprint density at radius 2 is 2.16 bits per heavy atom. The van der Waals surface area contributed by atoms with E-state index in [2.05, 4.69) is 34.1 Å². The smallest absolute Gasteiger partial charge is 0.0624 e. The lowest BCUT2D eigenvalue weighted by Gasteiger charge is -2.52. The molecule has 1 aromatic heterocycles. The lowest BCUT2D eigenvalue weighted by molar-refractivity contribution is -0.0866. The summed E-state index contributed by atoms with van der Waals surface area (Å²) in [7, 11) is 1.80. The second kappa shape index (κ2) is 6.11. The standard InChI is InChI=1S/C21H28N2O2/c1-25-20-7-6-13-11-23-9-8-15-14-4-2-3-5-18(14)22-21(15)19(23)10-16(13)17(20)12-24/h2-5,13,16-17,19-20,22,24H,6-12H2,1H3/t13-,16+,17-,19+,20-/m1/s1. The van der Waals surface area contributed by atoms with Crippen LogP contribution in [0, 0.1) is 17.8 Å². The molecule has 2 fully saturated rings. The van der Waals surface area contributed by atoms with Crippen molar-refractivity contribution in [2.45, 2.75) is 37.8 Å². The number of nitrogens with one attached hydrogen (secondary N) is 1. The third kappa shape index (κ3) is 2.38. The van der Waals surface area contributed by atoms with Gasteiger partial charge >= 0.3 is 0 Å². The van der Waals surface area contributed by atoms with E-state index >= 15 is 0 Å². The molecule has 4 heteroatoms. The van der Waals surface area contributed by atoms with Gasteiger partial charge in [-0.1, -0.05) is 18.2 Å². The molecule has 5 rings (SSSR count). The van der Waals surface area contributed by atoms with Gasteiger partial charge in [0.15, 0.2) is 0 Å². The lowest BCUT2D eigenvalue weighted by Crippen LogP contribution is -2.52. The van der Waals surface area contributed by atoms with Gasteiger partial charge in [0.2, 0.25) is 0 Å². The van der Waals surface area contributed by atoms with Crippen molar-refractivity contribution in [2.75, 3.05) is 26.8 Å². The van der Waals surface area contributed by atoms with E-state index in [0.717, 1.165) is 19.3 Å². The average Bonchev–Trinajstić information content (AvgIpc) is 3.04. The number of nitrogens with zero attached hydrogens (tertiary/aromatic N) is 1. The highest BCUT2D eigenvalue weighted by atomic mass is 16.5. The van der Waals surface area contributed by atoms with Gasteiger partial charge in [-0.05, 0) is 49.1 Å². The van der Waals surface area contributed by atoms with Crippen molar-refractivity contribution in [3.63, 3.8) is 0 Å². The Morgan fingerprint density at radius 1 is 1.28 bits per heavy atom. The molecule has 0 unspecified atom stereocenters. The minimum absolute atomic E-state index is 0.226. The molecule has 0 radical (unpaired) electrons. The Kier molecular flexibility index (Phi) is 3.88. The fourth-order valence-corrected chi connectivity index (χ4v) is 5.98. The third-order valence-electron chi connectivity index (χ3n) is 7.20. The van der Waals surface area contributed by atoms with E-state index < -0.39 is 0 Å². The molecule has 134 valence electrons. The zero-order valence-corrected chi connectivity index (χ0v) is 14.9. The van der Waals surface area contributed by atoms with Gasteiger partial charge in [0.25, 0.3) is 0 Å². The number of aliphatic hydroxyl groups is 1. The van der Waals surface area contributed by atoms with Gasteiger partial charge in [-0.25, -0.2) is 0 Å². The molecule has 0 spiro atoms. The number of aromatic nitrogens is 1. The summed E-state index contributed by atoms with van der Waals surface area (Å²) in [5, 5.41) is 11.4. The van der Waals surface area contributed by atoms with E-state index in [4.69, 9.17) is 4.74 Å². The number of methoxy groups -OCH3 is 1. The Labute approximate surface area is 149 Å². The van der Waals surface area contributed by atoms with Crippen molar-refractivity contribution < 1.29 is 9.84 Å². The molecule has 2 aromatic rings. The third-order valence-corrected chi connectivity index (χ3v) is 7.20. The second-order valence-corrected chi connectivity index (χ2v) is 8.18. The van der Waals surface area contributed by atoms with Crippen LogP contribution in [0.5, 0.6) is 0 Å². The van der Waals surface area contributed by atoms with E-state index in [9.17, 15) is 5.11 Å². The number of fused-ring (bicyclic) bond motifs is 6. The predicted octanol–water partition coefficient (Wildman–Crippen LogP) is 3.12. The van der Waals surface area contributed by atoms with Crippen molar-refractivity contribution in [1.82, 2.24) is 9.88 Å². The SMILES string of the molecule is CO[C@@H]1CC[C@@H]2CN3CCc4c([nH]c5ccccc45)[C@@H]3C[C@@H]2[C@H]1CO. The summed E-state index contributed by atoms with van der Waals surface area (Å²) in [6.07, 6.45) is 4.86. The van der Waals surface area contributed by atoms with Crippen LogP contribution in [-0.2, 0) is 11.2 Å². The van der Waals surface area contributed by atoms with E-state index in [1.165, 1.54) is 41.7 Å². The van der Waals surface area contributed by atoms with Crippen LogP contribution < -0.4 is 0 Å². The molecule has 1 aliphatic carbocycles. The largest absolute Gasteiger partial charge is 0.396 e. The van der Waals surface area contributed by atoms with Crippen LogP contribution in [0.25, 0.3) is 10.9 Å². The number of aromatic amines is 1. The predicted molar refractivity (Wildman–Crippen MR) is 98.5 cm³/mol. The fraction of sp³-hybridized carbons (Fsp3) is 0.619. The summed E-state index contributed by atoms with van der Waals surface area (Å²) < 4.78 is 5.72. The number of ether oxygens (including phenoxy) is 1. The van der Waals surface area contributed by atoms with Gasteiger partial charge in [-0.2, -0.15) is 0 Å². The fourth-order valence-electron chi connectivity index (χ4n) is 5.98. The molecule has 1 aromatic carbocycles. The zero-order valence-electron chi connectivity index (χ0n) is 14.9. The highest BCUT2D eigenvalue weighted by Gasteiger charge is 2.46. The van der Waals surface area contributed by atoms with Gasteiger partial charge in [0.1, 0.15) is 0 Å². The summed E-state index contributed by atoms with van der Waals surface area (Å²) in [6, 6.07) is 9.19. The number of hydrogen-bond donors (Lipinski definition) is 2. The summed E-state index contributed by atoms with van der Waals surface area (Å²) in [6.45, 7) is 2.60. The summed E-state index contributed by atoms with van der Waals surface area (Å²) in [5.41, 5.74) is 4.23. The molecule has 0 amide bonds. The van der Waals surface area contributed by atoms with Crippen LogP contribution in [0.1, 0.15) is 36.6 Å². The quantitative estimate of drug-likeness (QED) is 0.883. The molecule has 3 aliphatic rings. The van der Waals surface area contributed by atoms with Crippen LogP contribution in [-0.4, -0.2) is 47.9 Å². The molecule has 0 bridgehead atoms. The molecule has 5 atom stereocenters. The monoisotopic (exact) mass is 340 g/mol. The van der Waals surface area contributed by atoms with E-state index in [-0.39, 0.29) is 12.7 Å². The van der Waals surface area contributed by atoms with Crippen molar-refractivity contribution in [3.8, 4) is 0 Å². The molecule has 25 heavy (non-hydrogen) atoms. The molecule has 3 heterocycles. The van der Waals surface area contributed by atoms with Gasteiger partial charge in [-0.3, -0.25) is 4.90 Å². The maximum absolute atomic E-state index is 10.0. The molecule has 1 saturated heterocycles. The van der Waals surface area contributed by atoms with Crippen molar-refractivity contribution in [3.05, 3.63) is 35.5 Å². The lowest BCUT2D eigenvalue weighted by atomic mass is 9.65. The first-order chi connectivity index (χ1) is 12.3. The Bertz CT molecular complexity index is 770. The maximum Gasteiger partial charge on any atom is 0.0624 e. The minimum atomic E-state index is 0.226. The van der Waals surface area contributed by atoms with Crippen LogP contribution in [0.4, 0.5) is 0 Å². The van der Waals surface area contributed by atoms with Gasteiger partial charge in [0, 0.05) is 49.3 Å². The van der Waals surface area contributed by atoms with Crippen LogP contribution >= 0.6 is 0 Å². The van der Waals surface area contributed by atoms with Gasteiger partial charge in [0.05, 0.1) is 12.1 Å². The van der Waals surface area contributed by atoms with Crippen molar-refractivity contribution in [2.24, 2.45) is 17.8 Å². The number of benzene rings is 1. The highest BCUT2D eigenvalue weighted by Crippen LogP contribution is 2.49. The molecular weight excluding hydrogens is 312 g/mol. The Morgan fingerprint density at radius 3 is 3.00 bits per heavy atom. The number of hydrogen-bond acceptors (Lipinski definition) is 3. The Hall–Kier alpha value is -1.36. The molecule has 2 N–H and O–H groups in total. The first-order valence-electron chi connectivity index (χ1n) is 9.77. The van der Waals surface area contributed by atoms with Crippen molar-refractivity contribution >= 4 is 10.9 Å². The number of para-hydroxylation sites is 1. The number of piperidine rings is 1. The molecule has 1 saturated carbocycles. The molecular formula is C21H28N2O2. The van der Waals surface area contributed by atoms with Gasteiger partial charge < -0.3 is 14.8 Å². The van der Waals surface area contributed by atoms with Crippen LogP contribution in [0.2, 0.25) is 0 Å². The minimum Gasteiger partial charge on any atom is -0.396 e. The van der Waals surface area contributed by atoms with Crippen LogP contribution in [0.15, 0.2) is 24.3 Å². The highest BCUT2D eigenvalue weighted by molar-refractivity contribution is 5.85. The van der Waals surface area contributed by atoms with Gasteiger partial charge in [-0.15, -0.1) is 0 Å². The van der Waals surface area contributed by atoms with Crippen molar-refractivity contribution in [1.29, 1.82) is 0 Å². The summed E-state index contributed by atoms with van der Waals surface area (Å²) >= 11 is 0. The first-order valence-corrected chi connectivity index (χ1v) is 9.77. The number of rotatable bonds is 2. The summed E-state index contributed by atoms with van der Waals surface area (Å²) in [4.78, 5) is 6.43. The zero-order chi connectivity index (χ0) is 17.0. The number of aliphatic hydroxyl groups excluding tert-OH is 1. The molecule has 4 nitrogen and oxygen atoms in total. The average molecular weight is 340 g/mol.